The molecule has 6 rings (SSSR count). The smallest absolute Gasteiger partial charge is 0.188 e. The maximum Gasteiger partial charge on any atom is 0.188 e. The molecule has 0 saturated carbocycles. The van der Waals surface area contributed by atoms with Crippen molar-refractivity contribution in [2.45, 2.75) is 28.6 Å². The van der Waals surface area contributed by atoms with E-state index in [1.807, 2.05) is 60.9 Å². The first-order valence-corrected chi connectivity index (χ1v) is 14.9. The van der Waals surface area contributed by atoms with Crippen LogP contribution in [0.2, 0.25) is 0 Å². The molecule has 1 N–H and O–H groups in total. The van der Waals surface area contributed by atoms with Gasteiger partial charge in [0.2, 0.25) is 0 Å². The van der Waals surface area contributed by atoms with Crippen molar-refractivity contribution in [3.63, 3.8) is 0 Å². The van der Waals surface area contributed by atoms with E-state index in [1.165, 1.54) is 0 Å². The Morgan fingerprint density at radius 2 is 2.08 bits per heavy atom. The number of ether oxygens (including phenoxy) is 1. The lowest BCUT2D eigenvalue weighted by Gasteiger charge is -2.30. The largest absolute Gasteiger partial charge is 0.453 e. The molecule has 0 aliphatic carbocycles. The number of nitrogens with zero attached hydrogens (tertiary/aromatic N) is 4. The van der Waals surface area contributed by atoms with Gasteiger partial charge in [0.1, 0.15) is 12.0 Å². The summed E-state index contributed by atoms with van der Waals surface area (Å²) in [6, 6.07) is 15.8. The summed E-state index contributed by atoms with van der Waals surface area (Å²) in [7, 11) is 0. The fourth-order valence-electron chi connectivity index (χ4n) is 4.53. The summed E-state index contributed by atoms with van der Waals surface area (Å²) in [5.74, 6) is 2.31. The van der Waals surface area contributed by atoms with Crippen LogP contribution in [0.5, 0.6) is 11.5 Å². The summed E-state index contributed by atoms with van der Waals surface area (Å²) >= 11 is 4.89. The molecule has 5 aromatic rings. The molecule has 1 atom stereocenters. The molecule has 5 heterocycles. The van der Waals surface area contributed by atoms with E-state index in [-0.39, 0.29) is 0 Å². The molecule has 7 nitrogen and oxygen atoms in total. The Balaban J connectivity index is 1.25. The standard InChI is InChI=1S/C28H25N5O2S3/c34-13-12-33-11-4-5-19(17-33)23-18-37-28(31-23)32-27-24(35-20-6-2-1-3-7-20)15-21(16-30-27)38-25-8-10-29-22-9-14-36-26(22)25/h1-3,6-10,13-16,18-19H,4-5,11-12,17H2,(H,30,31,32). The second-order valence-electron chi connectivity index (χ2n) is 8.95. The number of rotatable bonds is 9. The summed E-state index contributed by atoms with van der Waals surface area (Å²) in [5.41, 5.74) is 2.06. The number of carbonyl (C=O) groups is 1. The summed E-state index contributed by atoms with van der Waals surface area (Å²) in [4.78, 5) is 29.3. The predicted molar refractivity (Wildman–Crippen MR) is 154 cm³/mol. The van der Waals surface area contributed by atoms with Gasteiger partial charge in [0.15, 0.2) is 16.7 Å². The molecule has 0 radical (unpaired) electrons. The number of thiophene rings is 1. The average Bonchev–Trinajstić information content (AvgIpc) is 3.62. The van der Waals surface area contributed by atoms with E-state index in [4.69, 9.17) is 14.7 Å². The molecule has 1 unspecified atom stereocenters. The average molecular weight is 560 g/mol. The molecule has 192 valence electrons. The van der Waals surface area contributed by atoms with Crippen LogP contribution in [-0.4, -0.2) is 45.8 Å². The number of para-hydroxylation sites is 1. The highest BCUT2D eigenvalue weighted by Crippen LogP contribution is 2.40. The van der Waals surface area contributed by atoms with Crippen molar-refractivity contribution in [2.24, 2.45) is 0 Å². The molecule has 38 heavy (non-hydrogen) atoms. The minimum atomic E-state index is 0.330. The molecule has 1 aliphatic rings. The fraction of sp³-hybridized carbons (Fsp3) is 0.214. The lowest BCUT2D eigenvalue weighted by molar-refractivity contribution is -0.109. The van der Waals surface area contributed by atoms with Crippen LogP contribution in [0.15, 0.2) is 81.5 Å². The van der Waals surface area contributed by atoms with Crippen molar-refractivity contribution in [3.8, 4) is 11.5 Å². The number of thiazole rings is 1. The number of hydrogen-bond donors (Lipinski definition) is 1. The molecule has 0 amide bonds. The van der Waals surface area contributed by atoms with E-state index in [0.717, 1.165) is 68.8 Å². The number of hydrogen-bond acceptors (Lipinski definition) is 10. The number of nitrogens with one attached hydrogen (secondary N) is 1. The third-order valence-corrected chi connectivity index (χ3v) is 9.20. The van der Waals surface area contributed by atoms with Gasteiger partial charge in [-0.15, -0.1) is 22.7 Å². The molecular formula is C28H25N5O2S3. The number of aromatic nitrogens is 3. The predicted octanol–water partition coefficient (Wildman–Crippen LogP) is 7.21. The Morgan fingerprint density at radius 3 is 2.97 bits per heavy atom. The third kappa shape index (κ3) is 5.73. The number of benzene rings is 1. The zero-order chi connectivity index (χ0) is 25.7. The van der Waals surface area contributed by atoms with Gasteiger partial charge in [-0.05, 0) is 49.0 Å². The maximum atomic E-state index is 11.0. The first-order valence-electron chi connectivity index (χ1n) is 12.4. The molecular weight excluding hydrogens is 535 g/mol. The SMILES string of the molecule is O=CCN1CCCC(c2csc(Nc3ncc(Sc4ccnc5ccsc45)cc3Oc3ccccc3)n2)C1. The van der Waals surface area contributed by atoms with E-state index in [0.29, 0.717) is 24.0 Å². The van der Waals surface area contributed by atoms with Gasteiger partial charge in [0.05, 0.1) is 22.5 Å². The second-order valence-corrected chi connectivity index (χ2v) is 11.8. The van der Waals surface area contributed by atoms with E-state index < -0.39 is 0 Å². The monoisotopic (exact) mass is 559 g/mol. The Labute approximate surface area is 232 Å². The van der Waals surface area contributed by atoms with Crippen LogP contribution < -0.4 is 10.1 Å². The number of fused-ring (bicyclic) bond motifs is 1. The molecule has 1 fully saturated rings. The van der Waals surface area contributed by atoms with Gasteiger partial charge in [0, 0.05) is 46.1 Å². The number of piperidine rings is 1. The summed E-state index contributed by atoms with van der Waals surface area (Å²) in [6.07, 6.45) is 6.84. The van der Waals surface area contributed by atoms with Crippen molar-refractivity contribution in [1.29, 1.82) is 0 Å². The first-order chi connectivity index (χ1) is 18.7. The number of likely N-dealkylation sites (tertiary alicyclic amines) is 1. The first kappa shape index (κ1) is 25.0. The van der Waals surface area contributed by atoms with Crippen LogP contribution in [0.25, 0.3) is 10.2 Å². The van der Waals surface area contributed by atoms with Gasteiger partial charge < -0.3 is 14.8 Å². The molecule has 1 aliphatic heterocycles. The third-order valence-electron chi connectivity index (χ3n) is 6.34. The van der Waals surface area contributed by atoms with Gasteiger partial charge in [-0.3, -0.25) is 9.88 Å². The fourth-order valence-corrected chi connectivity index (χ4v) is 7.20. The highest BCUT2D eigenvalue weighted by Gasteiger charge is 2.23. The molecule has 10 heteroatoms. The normalized spacial score (nSPS) is 15.9. The van der Waals surface area contributed by atoms with Crippen LogP contribution in [0, 0.1) is 0 Å². The minimum Gasteiger partial charge on any atom is -0.453 e. The van der Waals surface area contributed by atoms with Crippen molar-refractivity contribution in [1.82, 2.24) is 19.9 Å². The van der Waals surface area contributed by atoms with Crippen LogP contribution in [-0.2, 0) is 4.79 Å². The molecule has 0 bridgehead atoms. The Hall–Kier alpha value is -3.31. The Kier molecular flexibility index (Phi) is 7.64. The molecule has 1 saturated heterocycles. The maximum absolute atomic E-state index is 11.0. The van der Waals surface area contributed by atoms with E-state index >= 15 is 0 Å². The van der Waals surface area contributed by atoms with Crippen molar-refractivity contribution < 1.29 is 9.53 Å². The zero-order valence-electron chi connectivity index (χ0n) is 20.4. The second kappa shape index (κ2) is 11.6. The quantitative estimate of drug-likeness (QED) is 0.190. The van der Waals surface area contributed by atoms with Gasteiger partial charge in [-0.25, -0.2) is 9.97 Å². The topological polar surface area (TPSA) is 80.2 Å². The Bertz CT molecular complexity index is 1540. The molecule has 0 spiro atoms. The highest BCUT2D eigenvalue weighted by molar-refractivity contribution is 7.99. The van der Waals surface area contributed by atoms with Crippen LogP contribution in [0.3, 0.4) is 0 Å². The van der Waals surface area contributed by atoms with E-state index in [1.54, 1.807) is 34.4 Å². The van der Waals surface area contributed by atoms with Gasteiger partial charge in [0.25, 0.3) is 0 Å². The van der Waals surface area contributed by atoms with Crippen LogP contribution >= 0.6 is 34.4 Å². The van der Waals surface area contributed by atoms with Crippen molar-refractivity contribution >= 4 is 61.9 Å². The Morgan fingerprint density at radius 1 is 1.16 bits per heavy atom. The molecule has 1 aromatic carbocycles. The number of aldehydes is 1. The van der Waals surface area contributed by atoms with Gasteiger partial charge in [-0.1, -0.05) is 30.0 Å². The molecule has 4 aromatic heterocycles. The lowest BCUT2D eigenvalue weighted by Crippen LogP contribution is -2.35. The summed E-state index contributed by atoms with van der Waals surface area (Å²) < 4.78 is 7.45. The summed E-state index contributed by atoms with van der Waals surface area (Å²) in [5, 5.41) is 8.33. The van der Waals surface area contributed by atoms with E-state index in [9.17, 15) is 4.79 Å². The van der Waals surface area contributed by atoms with Crippen molar-refractivity contribution in [3.05, 3.63) is 77.4 Å². The number of pyridine rings is 2. The number of anilines is 2. The summed E-state index contributed by atoms with van der Waals surface area (Å²) in [6.45, 7) is 2.31. The minimum absolute atomic E-state index is 0.330. The van der Waals surface area contributed by atoms with Crippen molar-refractivity contribution in [2.75, 3.05) is 25.0 Å². The zero-order valence-corrected chi connectivity index (χ0v) is 22.9. The van der Waals surface area contributed by atoms with Crippen LogP contribution in [0.1, 0.15) is 24.5 Å². The van der Waals surface area contributed by atoms with Gasteiger partial charge in [-0.2, -0.15) is 0 Å². The highest BCUT2D eigenvalue weighted by atomic mass is 32.2. The van der Waals surface area contributed by atoms with Crippen LogP contribution in [0.4, 0.5) is 10.9 Å². The van der Waals surface area contributed by atoms with Gasteiger partial charge >= 0.3 is 0 Å². The van der Waals surface area contributed by atoms with E-state index in [2.05, 4.69) is 26.0 Å². The number of carbonyl (C=O) groups excluding carboxylic acids is 1. The lowest BCUT2D eigenvalue weighted by atomic mass is 9.95.